The second-order valence-corrected chi connectivity index (χ2v) is 9.85. The normalized spacial score (nSPS) is 18.7. The van der Waals surface area contributed by atoms with Crippen molar-refractivity contribution in [1.29, 1.82) is 0 Å². The van der Waals surface area contributed by atoms with Gasteiger partial charge in [-0.05, 0) is 25.0 Å². The number of hydrogen-bond acceptors (Lipinski definition) is 9. The summed E-state index contributed by atoms with van der Waals surface area (Å²) in [7, 11) is 1.78. The highest BCUT2D eigenvalue weighted by Gasteiger charge is 2.37. The maximum Gasteiger partial charge on any atom is 0.324 e. The van der Waals surface area contributed by atoms with E-state index in [1.54, 1.807) is 29.2 Å². The van der Waals surface area contributed by atoms with E-state index < -0.39 is 6.61 Å². The average Bonchev–Trinajstić information content (AvgIpc) is 2.98. The van der Waals surface area contributed by atoms with Crippen molar-refractivity contribution in [3.05, 3.63) is 36.3 Å². The standard InChI is InChI=1S/C26H30N8O4/c1-31-15-18-14-27-21-3-2-20(17-12-28-25(29-13-17)33-8-10-38-11-9-33)30-23(21)24(18)34(26(31)37)19-4-6-32(7-5-19)22(36)16-35/h2-3,12-14,19,35H,4-11,15-16H2,1H3. The summed E-state index contributed by atoms with van der Waals surface area (Å²) in [4.78, 5) is 51.5. The highest BCUT2D eigenvalue weighted by molar-refractivity contribution is 6.04. The summed E-state index contributed by atoms with van der Waals surface area (Å²) in [6, 6.07) is 3.62. The van der Waals surface area contributed by atoms with E-state index in [1.807, 2.05) is 23.2 Å². The molecule has 12 nitrogen and oxygen atoms in total. The molecule has 38 heavy (non-hydrogen) atoms. The summed E-state index contributed by atoms with van der Waals surface area (Å²) in [5, 5.41) is 9.23. The van der Waals surface area contributed by atoms with Crippen molar-refractivity contribution < 1.29 is 19.4 Å². The van der Waals surface area contributed by atoms with Gasteiger partial charge in [0.25, 0.3) is 0 Å². The third-order valence-electron chi connectivity index (χ3n) is 7.49. The van der Waals surface area contributed by atoms with Crippen LogP contribution in [0.5, 0.6) is 0 Å². The van der Waals surface area contributed by atoms with E-state index in [0.717, 1.165) is 29.9 Å². The molecule has 3 aliphatic heterocycles. The second-order valence-electron chi connectivity index (χ2n) is 9.85. The Hall–Kier alpha value is -3.90. The van der Waals surface area contributed by atoms with Crippen LogP contribution in [0.4, 0.5) is 16.4 Å². The molecule has 198 valence electrons. The SMILES string of the molecule is CN1Cc2cnc3ccc(-c4cnc(N5CCOCC5)nc4)nc3c2N(C2CCN(C(=O)CO)CC2)C1=O. The number of rotatable bonds is 4. The molecule has 3 aromatic heterocycles. The van der Waals surface area contributed by atoms with Crippen LogP contribution in [0, 0.1) is 0 Å². The van der Waals surface area contributed by atoms with E-state index in [4.69, 9.17) is 9.72 Å². The zero-order valence-electron chi connectivity index (χ0n) is 21.3. The molecule has 2 fully saturated rings. The van der Waals surface area contributed by atoms with Gasteiger partial charge < -0.3 is 24.5 Å². The number of nitrogens with zero attached hydrogens (tertiary/aromatic N) is 8. The number of urea groups is 1. The molecule has 0 aliphatic carbocycles. The molecule has 0 saturated carbocycles. The number of fused-ring (bicyclic) bond motifs is 3. The van der Waals surface area contributed by atoms with Gasteiger partial charge in [-0.1, -0.05) is 0 Å². The Balaban J connectivity index is 1.35. The monoisotopic (exact) mass is 518 g/mol. The van der Waals surface area contributed by atoms with Gasteiger partial charge in [0.2, 0.25) is 11.9 Å². The summed E-state index contributed by atoms with van der Waals surface area (Å²) in [6.45, 7) is 3.77. The van der Waals surface area contributed by atoms with Crippen LogP contribution >= 0.6 is 0 Å². The van der Waals surface area contributed by atoms with Gasteiger partial charge >= 0.3 is 6.03 Å². The van der Waals surface area contributed by atoms with Crippen molar-refractivity contribution in [2.24, 2.45) is 0 Å². The van der Waals surface area contributed by atoms with Gasteiger partial charge in [-0.15, -0.1) is 0 Å². The Morgan fingerprint density at radius 3 is 2.50 bits per heavy atom. The number of morpholine rings is 1. The molecule has 3 amide bonds. The van der Waals surface area contributed by atoms with Crippen LogP contribution in [0.15, 0.2) is 30.7 Å². The number of aliphatic hydroxyl groups excluding tert-OH is 1. The first-order chi connectivity index (χ1) is 18.5. The molecule has 3 aliphatic rings. The maximum absolute atomic E-state index is 13.5. The summed E-state index contributed by atoms with van der Waals surface area (Å²) in [5.41, 5.74) is 4.55. The van der Waals surface area contributed by atoms with E-state index >= 15 is 0 Å². The number of hydrogen-bond donors (Lipinski definition) is 1. The molecule has 0 aromatic carbocycles. The third kappa shape index (κ3) is 4.39. The minimum atomic E-state index is -0.501. The Kier molecular flexibility index (Phi) is 6.50. The number of ether oxygens (including phenoxy) is 1. The van der Waals surface area contributed by atoms with Crippen molar-refractivity contribution in [2.75, 3.05) is 62.8 Å². The molecule has 0 bridgehead atoms. The molecule has 0 spiro atoms. The van der Waals surface area contributed by atoms with E-state index in [-0.39, 0.29) is 18.0 Å². The molecule has 0 atom stereocenters. The molecule has 6 rings (SSSR count). The van der Waals surface area contributed by atoms with Gasteiger partial charge in [0.15, 0.2) is 0 Å². The van der Waals surface area contributed by atoms with Crippen LogP contribution in [0.25, 0.3) is 22.3 Å². The molecule has 0 radical (unpaired) electrons. The predicted molar refractivity (Wildman–Crippen MR) is 140 cm³/mol. The fourth-order valence-corrected chi connectivity index (χ4v) is 5.43. The fraction of sp³-hybridized carbons (Fsp3) is 0.462. The van der Waals surface area contributed by atoms with E-state index in [9.17, 15) is 14.7 Å². The lowest BCUT2D eigenvalue weighted by Gasteiger charge is -2.43. The van der Waals surface area contributed by atoms with Gasteiger partial charge in [-0.2, -0.15) is 0 Å². The molecule has 1 N–H and O–H groups in total. The maximum atomic E-state index is 13.5. The van der Waals surface area contributed by atoms with Crippen molar-refractivity contribution in [1.82, 2.24) is 29.7 Å². The smallest absolute Gasteiger partial charge is 0.324 e. The number of pyridine rings is 2. The second kappa shape index (κ2) is 10.1. The zero-order valence-corrected chi connectivity index (χ0v) is 21.3. The third-order valence-corrected chi connectivity index (χ3v) is 7.49. The molecule has 2 saturated heterocycles. The van der Waals surface area contributed by atoms with Gasteiger partial charge in [-0.3, -0.25) is 14.7 Å². The van der Waals surface area contributed by atoms with Crippen LogP contribution in [0.3, 0.4) is 0 Å². The number of carbonyl (C=O) groups excluding carboxylic acids is 2. The van der Waals surface area contributed by atoms with Crippen molar-refractivity contribution >= 4 is 34.6 Å². The fourth-order valence-electron chi connectivity index (χ4n) is 5.43. The number of amides is 3. The largest absolute Gasteiger partial charge is 0.387 e. The van der Waals surface area contributed by atoms with Crippen LogP contribution in [-0.2, 0) is 16.1 Å². The number of piperidine rings is 1. The molecular weight excluding hydrogens is 488 g/mol. The Morgan fingerprint density at radius 2 is 1.79 bits per heavy atom. The topological polar surface area (TPSA) is 128 Å². The Morgan fingerprint density at radius 1 is 1.05 bits per heavy atom. The van der Waals surface area contributed by atoms with Crippen LogP contribution in [0.2, 0.25) is 0 Å². The number of aromatic nitrogens is 4. The van der Waals surface area contributed by atoms with Crippen LogP contribution in [0.1, 0.15) is 18.4 Å². The van der Waals surface area contributed by atoms with Gasteiger partial charge in [0.1, 0.15) is 12.1 Å². The number of likely N-dealkylation sites (tertiary alicyclic amines) is 1. The highest BCUT2D eigenvalue weighted by Crippen LogP contribution is 2.37. The van der Waals surface area contributed by atoms with Gasteiger partial charge in [0.05, 0.1) is 36.7 Å². The predicted octanol–water partition coefficient (Wildman–Crippen LogP) is 1.28. The lowest BCUT2D eigenvalue weighted by molar-refractivity contribution is -0.135. The Bertz CT molecular complexity index is 1350. The van der Waals surface area contributed by atoms with E-state index in [2.05, 4.69) is 19.9 Å². The zero-order chi connectivity index (χ0) is 26.2. The van der Waals surface area contributed by atoms with Gasteiger partial charge in [0, 0.05) is 69.0 Å². The van der Waals surface area contributed by atoms with E-state index in [0.29, 0.717) is 68.4 Å². The first-order valence-corrected chi connectivity index (χ1v) is 12.9. The van der Waals surface area contributed by atoms with Crippen LogP contribution in [-0.4, -0.2) is 106 Å². The van der Waals surface area contributed by atoms with Gasteiger partial charge in [-0.25, -0.2) is 19.7 Å². The molecular formula is C26H30N8O4. The van der Waals surface area contributed by atoms with Crippen LogP contribution < -0.4 is 9.80 Å². The van der Waals surface area contributed by atoms with Crippen molar-refractivity contribution in [2.45, 2.75) is 25.4 Å². The molecule has 6 heterocycles. The van der Waals surface area contributed by atoms with Crippen molar-refractivity contribution in [3.63, 3.8) is 0 Å². The van der Waals surface area contributed by atoms with E-state index in [1.165, 1.54) is 0 Å². The lowest BCUT2D eigenvalue weighted by Crippen LogP contribution is -2.54. The summed E-state index contributed by atoms with van der Waals surface area (Å²) < 4.78 is 5.42. The first kappa shape index (κ1) is 24.4. The quantitative estimate of drug-likeness (QED) is 0.543. The minimum Gasteiger partial charge on any atom is -0.387 e. The summed E-state index contributed by atoms with van der Waals surface area (Å²) in [5.74, 6) is 0.386. The minimum absolute atomic E-state index is 0.0951. The van der Waals surface area contributed by atoms with Crippen molar-refractivity contribution in [3.8, 4) is 11.3 Å². The number of anilines is 2. The lowest BCUT2D eigenvalue weighted by atomic mass is 9.99. The molecule has 0 unspecified atom stereocenters. The summed E-state index contributed by atoms with van der Waals surface area (Å²) >= 11 is 0. The number of carbonyl (C=O) groups is 2. The number of aliphatic hydroxyl groups is 1. The molecule has 3 aromatic rings. The molecule has 12 heteroatoms. The summed E-state index contributed by atoms with van der Waals surface area (Å²) in [6.07, 6.45) is 6.61. The average molecular weight is 519 g/mol. The first-order valence-electron chi connectivity index (χ1n) is 12.9. The highest BCUT2D eigenvalue weighted by atomic mass is 16.5. The Labute approximate surface area is 219 Å².